The summed E-state index contributed by atoms with van der Waals surface area (Å²) in [5, 5.41) is 0. The molecule has 2 aromatic rings. The highest BCUT2D eigenvalue weighted by Gasteiger charge is 2.22. The molecule has 3 nitrogen and oxygen atoms in total. The molecule has 0 aliphatic carbocycles. The van der Waals surface area contributed by atoms with Gasteiger partial charge in [-0.3, -0.25) is 0 Å². The third-order valence-corrected chi connectivity index (χ3v) is 3.03. The van der Waals surface area contributed by atoms with Crippen LogP contribution < -0.4 is 0 Å². The standard InChI is InChI=1S/C18H20O3/c1-2-13-20-17(16-11-7-4-8-12-16)18(19)21-14-15-9-5-3-6-10-15/h3-12,17H,2,13-14H2,1H3/t17-/m1/s1. The Morgan fingerprint density at radius 1 is 1.00 bits per heavy atom. The molecule has 0 amide bonds. The highest BCUT2D eigenvalue weighted by molar-refractivity contribution is 5.76. The lowest BCUT2D eigenvalue weighted by molar-refractivity contribution is -0.159. The summed E-state index contributed by atoms with van der Waals surface area (Å²) in [5.41, 5.74) is 1.79. The minimum absolute atomic E-state index is 0.262. The Hall–Kier alpha value is -2.13. The van der Waals surface area contributed by atoms with Crippen molar-refractivity contribution in [2.45, 2.75) is 26.1 Å². The average molecular weight is 284 g/mol. The molecule has 0 spiro atoms. The van der Waals surface area contributed by atoms with Gasteiger partial charge in [0.05, 0.1) is 0 Å². The van der Waals surface area contributed by atoms with Gasteiger partial charge in [0.2, 0.25) is 0 Å². The fourth-order valence-corrected chi connectivity index (χ4v) is 1.97. The Labute approximate surface area is 125 Å². The summed E-state index contributed by atoms with van der Waals surface area (Å²) in [6.45, 7) is 2.80. The zero-order valence-electron chi connectivity index (χ0n) is 12.2. The van der Waals surface area contributed by atoms with Crippen LogP contribution in [0.25, 0.3) is 0 Å². The van der Waals surface area contributed by atoms with E-state index in [1.54, 1.807) is 0 Å². The summed E-state index contributed by atoms with van der Waals surface area (Å²) < 4.78 is 11.0. The second kappa shape index (κ2) is 8.22. The van der Waals surface area contributed by atoms with Gasteiger partial charge < -0.3 is 9.47 Å². The molecule has 0 bridgehead atoms. The SMILES string of the molecule is CCCO[C@@H](C(=O)OCc1ccccc1)c1ccccc1. The molecule has 2 aromatic carbocycles. The zero-order valence-corrected chi connectivity index (χ0v) is 12.2. The lowest BCUT2D eigenvalue weighted by atomic mass is 10.1. The molecule has 0 radical (unpaired) electrons. The van der Waals surface area contributed by atoms with E-state index in [1.165, 1.54) is 0 Å². The van der Waals surface area contributed by atoms with Crippen molar-refractivity contribution in [3.05, 3.63) is 71.8 Å². The summed E-state index contributed by atoms with van der Waals surface area (Å²) in [7, 11) is 0. The lowest BCUT2D eigenvalue weighted by Crippen LogP contribution is -2.19. The molecule has 0 unspecified atom stereocenters. The van der Waals surface area contributed by atoms with Crippen molar-refractivity contribution in [2.75, 3.05) is 6.61 Å². The highest BCUT2D eigenvalue weighted by atomic mass is 16.6. The van der Waals surface area contributed by atoms with Gasteiger partial charge in [-0.25, -0.2) is 4.79 Å². The number of rotatable bonds is 7. The third-order valence-electron chi connectivity index (χ3n) is 3.03. The molecule has 0 N–H and O–H groups in total. The van der Waals surface area contributed by atoms with E-state index < -0.39 is 6.10 Å². The maximum absolute atomic E-state index is 12.3. The number of carbonyl (C=O) groups is 1. The average Bonchev–Trinajstić information content (AvgIpc) is 2.55. The Balaban J connectivity index is 2.01. The highest BCUT2D eigenvalue weighted by Crippen LogP contribution is 2.20. The number of benzene rings is 2. The smallest absolute Gasteiger partial charge is 0.340 e. The summed E-state index contributed by atoms with van der Waals surface area (Å²) in [5.74, 6) is -0.349. The van der Waals surface area contributed by atoms with Crippen LogP contribution in [0.15, 0.2) is 60.7 Å². The van der Waals surface area contributed by atoms with Gasteiger partial charge in [-0.05, 0) is 17.5 Å². The third kappa shape index (κ3) is 4.72. The first-order valence-electron chi connectivity index (χ1n) is 7.18. The fraction of sp³-hybridized carbons (Fsp3) is 0.278. The van der Waals surface area contributed by atoms with E-state index >= 15 is 0 Å². The van der Waals surface area contributed by atoms with E-state index in [4.69, 9.17) is 9.47 Å². The Bertz CT molecular complexity index is 537. The van der Waals surface area contributed by atoms with Crippen LogP contribution in [0.1, 0.15) is 30.6 Å². The van der Waals surface area contributed by atoms with E-state index in [9.17, 15) is 4.79 Å². The summed E-state index contributed by atoms with van der Waals surface area (Å²) in [6, 6.07) is 19.1. The van der Waals surface area contributed by atoms with Gasteiger partial charge in [0.1, 0.15) is 6.61 Å². The van der Waals surface area contributed by atoms with Gasteiger partial charge >= 0.3 is 5.97 Å². The summed E-state index contributed by atoms with van der Waals surface area (Å²) in [4.78, 5) is 12.3. The topological polar surface area (TPSA) is 35.5 Å². The van der Waals surface area contributed by atoms with Gasteiger partial charge in [-0.1, -0.05) is 67.6 Å². The molecule has 0 aliphatic rings. The molecular weight excluding hydrogens is 264 g/mol. The van der Waals surface area contributed by atoms with Crippen LogP contribution in [0.2, 0.25) is 0 Å². The molecule has 0 aliphatic heterocycles. The van der Waals surface area contributed by atoms with Crippen LogP contribution in [-0.2, 0) is 20.9 Å². The monoisotopic (exact) mass is 284 g/mol. The second-order valence-electron chi connectivity index (χ2n) is 4.75. The van der Waals surface area contributed by atoms with E-state index in [0.29, 0.717) is 6.61 Å². The van der Waals surface area contributed by atoms with Gasteiger partial charge in [-0.15, -0.1) is 0 Å². The van der Waals surface area contributed by atoms with E-state index in [1.807, 2.05) is 67.6 Å². The van der Waals surface area contributed by atoms with Crippen LogP contribution in [0.3, 0.4) is 0 Å². The molecule has 0 heterocycles. The van der Waals surface area contributed by atoms with Crippen LogP contribution in [-0.4, -0.2) is 12.6 Å². The molecule has 0 saturated carbocycles. The molecule has 0 aromatic heterocycles. The number of esters is 1. The predicted molar refractivity (Wildman–Crippen MR) is 81.7 cm³/mol. The maximum atomic E-state index is 12.3. The molecule has 3 heteroatoms. The van der Waals surface area contributed by atoms with Crippen molar-refractivity contribution in [1.29, 1.82) is 0 Å². The summed E-state index contributed by atoms with van der Waals surface area (Å²) in [6.07, 6.45) is 0.199. The van der Waals surface area contributed by atoms with E-state index in [-0.39, 0.29) is 12.6 Å². The summed E-state index contributed by atoms with van der Waals surface area (Å²) >= 11 is 0. The Kier molecular flexibility index (Phi) is 5.98. The van der Waals surface area contributed by atoms with Crippen molar-refractivity contribution >= 4 is 5.97 Å². The first kappa shape index (κ1) is 15.3. The first-order chi connectivity index (χ1) is 10.3. The molecule has 0 saturated heterocycles. The van der Waals surface area contributed by atoms with Crippen molar-refractivity contribution < 1.29 is 14.3 Å². The van der Waals surface area contributed by atoms with E-state index in [2.05, 4.69) is 0 Å². The van der Waals surface area contributed by atoms with Crippen molar-refractivity contribution in [3.8, 4) is 0 Å². The molecule has 1 atom stereocenters. The quantitative estimate of drug-likeness (QED) is 0.723. The largest absolute Gasteiger partial charge is 0.459 e. The molecular formula is C18H20O3. The van der Waals surface area contributed by atoms with Crippen LogP contribution in [0, 0.1) is 0 Å². The van der Waals surface area contributed by atoms with Crippen molar-refractivity contribution in [3.63, 3.8) is 0 Å². The van der Waals surface area contributed by atoms with Gasteiger partial charge in [0, 0.05) is 6.61 Å². The van der Waals surface area contributed by atoms with Gasteiger partial charge in [0.15, 0.2) is 6.10 Å². The van der Waals surface area contributed by atoms with Gasteiger partial charge in [0.25, 0.3) is 0 Å². The Morgan fingerprint density at radius 3 is 2.24 bits per heavy atom. The zero-order chi connectivity index (χ0) is 14.9. The lowest BCUT2D eigenvalue weighted by Gasteiger charge is -2.17. The normalized spacial score (nSPS) is 11.9. The van der Waals surface area contributed by atoms with Gasteiger partial charge in [-0.2, -0.15) is 0 Å². The van der Waals surface area contributed by atoms with Crippen LogP contribution in [0.5, 0.6) is 0 Å². The second-order valence-corrected chi connectivity index (χ2v) is 4.75. The predicted octanol–water partition coefficient (Wildman–Crippen LogP) is 3.90. The maximum Gasteiger partial charge on any atom is 0.340 e. The Morgan fingerprint density at radius 2 is 1.62 bits per heavy atom. The first-order valence-corrected chi connectivity index (χ1v) is 7.18. The number of hydrogen-bond donors (Lipinski definition) is 0. The molecule has 2 rings (SSSR count). The van der Waals surface area contributed by atoms with Crippen LogP contribution >= 0.6 is 0 Å². The molecule has 0 fully saturated rings. The van der Waals surface area contributed by atoms with Crippen molar-refractivity contribution in [1.82, 2.24) is 0 Å². The number of carbonyl (C=O) groups excluding carboxylic acids is 1. The minimum Gasteiger partial charge on any atom is -0.459 e. The molecule has 21 heavy (non-hydrogen) atoms. The minimum atomic E-state index is -0.658. The van der Waals surface area contributed by atoms with E-state index in [0.717, 1.165) is 17.5 Å². The van der Waals surface area contributed by atoms with Crippen LogP contribution in [0.4, 0.5) is 0 Å². The number of hydrogen-bond acceptors (Lipinski definition) is 3. The number of ether oxygens (including phenoxy) is 2. The fourth-order valence-electron chi connectivity index (χ4n) is 1.97. The molecule has 110 valence electrons. The van der Waals surface area contributed by atoms with Crippen molar-refractivity contribution in [2.24, 2.45) is 0 Å².